The summed E-state index contributed by atoms with van der Waals surface area (Å²) < 4.78 is 0. The maximum atomic E-state index is 13.2. The van der Waals surface area contributed by atoms with Crippen molar-refractivity contribution in [3.05, 3.63) is 49.6 Å². The Labute approximate surface area is 193 Å². The van der Waals surface area contributed by atoms with Gasteiger partial charge in [0, 0.05) is 10.8 Å². The summed E-state index contributed by atoms with van der Waals surface area (Å²) in [4.78, 5) is 51.7. The predicted octanol–water partition coefficient (Wildman–Crippen LogP) is 2.98. The zero-order valence-electron chi connectivity index (χ0n) is 18.8. The summed E-state index contributed by atoms with van der Waals surface area (Å²) in [6.07, 6.45) is 17.1. The molecule has 0 aromatic carbocycles. The van der Waals surface area contributed by atoms with Crippen molar-refractivity contribution in [2.45, 2.75) is 44.9 Å². The minimum Gasteiger partial charge on any atom is -0.296 e. The molecule has 0 spiro atoms. The normalized spacial score (nSPS) is 47.8. The molecule has 2 saturated heterocycles. The number of fused-ring (bicyclic) bond motifs is 10. The number of hydrogen-bond donors (Lipinski definition) is 2. The first kappa shape index (κ1) is 20.8. The molecule has 2 aliphatic heterocycles. The highest BCUT2D eigenvalue weighted by Gasteiger charge is 2.74. The van der Waals surface area contributed by atoms with Crippen molar-refractivity contribution in [3.63, 3.8) is 0 Å². The number of rotatable bonds is 8. The average Bonchev–Trinajstić information content (AvgIpc) is 3.56. The Morgan fingerprint density at radius 1 is 0.788 bits per heavy atom. The monoisotopic (exact) mass is 446 g/mol. The van der Waals surface area contributed by atoms with Gasteiger partial charge in [0.1, 0.15) is 0 Å². The van der Waals surface area contributed by atoms with Crippen molar-refractivity contribution < 1.29 is 19.2 Å². The van der Waals surface area contributed by atoms with Crippen LogP contribution in [0, 0.1) is 45.3 Å². The van der Waals surface area contributed by atoms with Crippen LogP contribution in [0.25, 0.3) is 0 Å². The van der Waals surface area contributed by atoms with Gasteiger partial charge in [0.25, 0.3) is 0 Å². The molecule has 0 aromatic rings. The molecule has 2 heterocycles. The van der Waals surface area contributed by atoms with Crippen LogP contribution in [0.4, 0.5) is 0 Å². The molecule has 4 aliphatic carbocycles. The highest BCUT2D eigenvalue weighted by molar-refractivity contribution is 6.10. The number of carbonyl (C=O) groups excluding carboxylic acids is 4. The Hall–Kier alpha value is -2.76. The lowest BCUT2D eigenvalue weighted by Gasteiger charge is -2.45. The van der Waals surface area contributed by atoms with Crippen LogP contribution < -0.4 is 10.6 Å². The van der Waals surface area contributed by atoms with E-state index in [4.69, 9.17) is 0 Å². The summed E-state index contributed by atoms with van der Waals surface area (Å²) >= 11 is 0. The molecule has 2 N–H and O–H groups in total. The van der Waals surface area contributed by atoms with E-state index in [9.17, 15) is 19.2 Å². The van der Waals surface area contributed by atoms with Gasteiger partial charge in [-0.2, -0.15) is 0 Å². The lowest BCUT2D eigenvalue weighted by Crippen LogP contribution is -2.47. The maximum absolute atomic E-state index is 13.2. The predicted molar refractivity (Wildman–Crippen MR) is 121 cm³/mol. The van der Waals surface area contributed by atoms with Gasteiger partial charge in [0.2, 0.25) is 23.6 Å². The number of nitrogens with one attached hydrogen (secondary N) is 2. The molecule has 0 aromatic heterocycles. The topological polar surface area (TPSA) is 92.3 Å². The van der Waals surface area contributed by atoms with Crippen LogP contribution in [-0.2, 0) is 19.2 Å². The Kier molecular flexibility index (Phi) is 4.05. The molecule has 2 saturated carbocycles. The van der Waals surface area contributed by atoms with E-state index in [0.29, 0.717) is 12.8 Å². The molecule has 4 fully saturated rings. The van der Waals surface area contributed by atoms with E-state index < -0.39 is 10.8 Å². The quantitative estimate of drug-likeness (QED) is 0.443. The van der Waals surface area contributed by atoms with E-state index in [-0.39, 0.29) is 58.1 Å². The van der Waals surface area contributed by atoms with Crippen LogP contribution in [0.2, 0.25) is 0 Å². The summed E-state index contributed by atoms with van der Waals surface area (Å²) in [5.41, 5.74) is -2.26. The van der Waals surface area contributed by atoms with E-state index in [1.54, 1.807) is 12.2 Å². The Balaban J connectivity index is 1.31. The zero-order valence-corrected chi connectivity index (χ0v) is 18.8. The molecular weight excluding hydrogens is 416 g/mol. The first-order valence-corrected chi connectivity index (χ1v) is 12.1. The fraction of sp³-hybridized carbons (Fsp3) is 0.556. The van der Waals surface area contributed by atoms with E-state index in [1.165, 1.54) is 0 Å². The molecule has 8 unspecified atom stereocenters. The van der Waals surface area contributed by atoms with Crippen molar-refractivity contribution in [1.29, 1.82) is 0 Å². The van der Waals surface area contributed by atoms with E-state index in [1.807, 2.05) is 0 Å². The second-order valence-electron chi connectivity index (χ2n) is 11.1. The van der Waals surface area contributed by atoms with Crippen molar-refractivity contribution in [3.8, 4) is 0 Å². The Morgan fingerprint density at radius 2 is 1.21 bits per heavy atom. The fourth-order valence-corrected chi connectivity index (χ4v) is 9.21. The second-order valence-corrected chi connectivity index (χ2v) is 11.1. The maximum Gasteiger partial charge on any atom is 0.234 e. The van der Waals surface area contributed by atoms with Crippen LogP contribution in [0.3, 0.4) is 0 Å². The fourth-order valence-electron chi connectivity index (χ4n) is 9.21. The van der Waals surface area contributed by atoms with Gasteiger partial charge < -0.3 is 0 Å². The number of imide groups is 2. The highest BCUT2D eigenvalue weighted by atomic mass is 16.2. The highest BCUT2D eigenvalue weighted by Crippen LogP contribution is 2.72. The molecule has 6 rings (SSSR count). The Bertz CT molecular complexity index is 1010. The minimum absolute atomic E-state index is 0.0894. The largest absolute Gasteiger partial charge is 0.296 e. The van der Waals surface area contributed by atoms with Crippen molar-refractivity contribution in [2.24, 2.45) is 45.3 Å². The molecule has 4 amide bonds. The third-order valence-corrected chi connectivity index (χ3v) is 10.2. The average molecular weight is 447 g/mol. The third kappa shape index (κ3) is 2.12. The zero-order chi connectivity index (χ0) is 23.2. The molecule has 0 radical (unpaired) electrons. The number of allylic oxidation sites excluding steroid dienone is 6. The van der Waals surface area contributed by atoms with Gasteiger partial charge in [-0.3, -0.25) is 29.8 Å². The van der Waals surface area contributed by atoms with Gasteiger partial charge in [-0.25, -0.2) is 0 Å². The lowest BCUT2D eigenvalue weighted by molar-refractivity contribution is -0.134. The van der Waals surface area contributed by atoms with Gasteiger partial charge >= 0.3 is 0 Å². The van der Waals surface area contributed by atoms with Crippen LogP contribution in [0.15, 0.2) is 49.6 Å². The summed E-state index contributed by atoms with van der Waals surface area (Å²) in [7, 11) is 0. The van der Waals surface area contributed by atoms with Crippen LogP contribution >= 0.6 is 0 Å². The van der Waals surface area contributed by atoms with Gasteiger partial charge in [-0.05, 0) is 50.4 Å². The SMILES string of the molecule is C=CCC12C(=O)NC(=O)C1C1C=CC2(CCCC23C=CC(C2)C2C(=O)NC(=O)C23CC=C)C1. The van der Waals surface area contributed by atoms with Crippen molar-refractivity contribution in [1.82, 2.24) is 10.6 Å². The summed E-state index contributed by atoms with van der Waals surface area (Å²) in [6, 6.07) is 0. The van der Waals surface area contributed by atoms with Gasteiger partial charge in [-0.15, -0.1) is 13.2 Å². The van der Waals surface area contributed by atoms with Crippen LogP contribution in [0.5, 0.6) is 0 Å². The number of carbonyl (C=O) groups is 4. The summed E-state index contributed by atoms with van der Waals surface area (Å²) in [6.45, 7) is 7.80. The van der Waals surface area contributed by atoms with E-state index in [2.05, 4.69) is 48.1 Å². The molecule has 8 atom stereocenters. The molecular formula is C27H30N2O4. The summed E-state index contributed by atoms with van der Waals surface area (Å²) in [5.74, 6) is -1.07. The van der Waals surface area contributed by atoms with Gasteiger partial charge in [0.15, 0.2) is 0 Å². The molecule has 4 bridgehead atoms. The molecule has 33 heavy (non-hydrogen) atoms. The Morgan fingerprint density at radius 3 is 1.61 bits per heavy atom. The lowest BCUT2D eigenvalue weighted by atomic mass is 9.55. The smallest absolute Gasteiger partial charge is 0.234 e. The van der Waals surface area contributed by atoms with Crippen LogP contribution in [0.1, 0.15) is 44.9 Å². The number of amides is 4. The molecule has 172 valence electrons. The third-order valence-electron chi connectivity index (χ3n) is 10.2. The number of hydrogen-bond acceptors (Lipinski definition) is 4. The van der Waals surface area contributed by atoms with Crippen molar-refractivity contribution >= 4 is 23.6 Å². The molecule has 6 aliphatic rings. The first-order chi connectivity index (χ1) is 15.8. The minimum atomic E-state index is -0.755. The van der Waals surface area contributed by atoms with Crippen LogP contribution in [-0.4, -0.2) is 23.6 Å². The molecule has 6 nitrogen and oxygen atoms in total. The standard InChI is InChI=1S/C27H30N2O4/c1-3-8-26-18(20(30)28-22(26)32)16-6-12-24(26,14-16)10-5-11-25-13-7-17(15-25)19-21(31)29-23(33)27(19,25)9-4-2/h3-4,6-7,12-13,16-19H,1-2,5,8-11,14-15H2,(H,28,30,32)(H,29,31,33). The second kappa shape index (κ2) is 6.43. The van der Waals surface area contributed by atoms with E-state index >= 15 is 0 Å². The molecule has 6 heteroatoms. The van der Waals surface area contributed by atoms with Gasteiger partial charge in [0.05, 0.1) is 22.7 Å². The van der Waals surface area contributed by atoms with Crippen molar-refractivity contribution in [2.75, 3.05) is 0 Å². The van der Waals surface area contributed by atoms with Gasteiger partial charge in [-0.1, -0.05) is 42.9 Å². The van der Waals surface area contributed by atoms with E-state index in [0.717, 1.165) is 32.1 Å². The summed E-state index contributed by atoms with van der Waals surface area (Å²) in [5, 5.41) is 5.22. The first-order valence-electron chi connectivity index (χ1n) is 12.1.